The van der Waals surface area contributed by atoms with Gasteiger partial charge >= 0.3 is 5.69 Å². The highest BCUT2D eigenvalue weighted by molar-refractivity contribution is 7.13. The maximum Gasteiger partial charge on any atom is 0.329 e. The third-order valence-corrected chi connectivity index (χ3v) is 6.37. The Morgan fingerprint density at radius 1 is 1.31 bits per heavy atom. The van der Waals surface area contributed by atoms with Crippen LogP contribution >= 0.6 is 22.9 Å². The van der Waals surface area contributed by atoms with Gasteiger partial charge in [-0.3, -0.25) is 9.59 Å². The van der Waals surface area contributed by atoms with Crippen LogP contribution in [0.3, 0.4) is 0 Å². The van der Waals surface area contributed by atoms with E-state index in [0.717, 1.165) is 30.3 Å². The molecule has 9 heteroatoms. The smallest absolute Gasteiger partial charge is 0.307 e. The number of anilines is 1. The molecule has 0 aliphatic heterocycles. The van der Waals surface area contributed by atoms with Gasteiger partial charge in [0.2, 0.25) is 5.91 Å². The Morgan fingerprint density at radius 2 is 2.10 bits per heavy atom. The maximum atomic E-state index is 13.2. The number of aromatic nitrogens is 3. The molecule has 2 aromatic heterocycles. The van der Waals surface area contributed by atoms with Crippen LogP contribution in [0.5, 0.6) is 0 Å². The number of nitrogens with one attached hydrogen (secondary N) is 2. The van der Waals surface area contributed by atoms with Crippen LogP contribution in [0, 0.1) is 5.92 Å². The normalized spacial score (nSPS) is 16.0. The standard InChI is InChI=1S/C20H21ClN4O3S/c21-13-6-7-14-15(11-13)23-20(28)25(18(14)27)16(10-12-4-2-1-3-5-12)17(26)24-19-22-8-9-29-19/h6-9,11-12,16H,1-5,10H2,(H,23,28)(H,22,24,26)/t16-/m0/s1. The Labute approximate surface area is 175 Å². The molecule has 0 bridgehead atoms. The van der Waals surface area contributed by atoms with E-state index in [9.17, 15) is 14.4 Å². The lowest BCUT2D eigenvalue weighted by molar-refractivity contribution is -0.120. The number of carbonyl (C=O) groups is 1. The van der Waals surface area contributed by atoms with Crippen LogP contribution < -0.4 is 16.6 Å². The summed E-state index contributed by atoms with van der Waals surface area (Å²) in [4.78, 5) is 45.9. The zero-order valence-corrected chi connectivity index (χ0v) is 17.3. The van der Waals surface area contributed by atoms with Crippen LogP contribution in [0.1, 0.15) is 44.6 Å². The van der Waals surface area contributed by atoms with Gasteiger partial charge in [-0.05, 0) is 30.5 Å². The van der Waals surface area contributed by atoms with Gasteiger partial charge in [-0.25, -0.2) is 14.3 Å². The average molecular weight is 433 g/mol. The van der Waals surface area contributed by atoms with Gasteiger partial charge < -0.3 is 10.3 Å². The van der Waals surface area contributed by atoms with Crippen LogP contribution in [-0.4, -0.2) is 20.4 Å². The van der Waals surface area contributed by atoms with Crippen LogP contribution in [-0.2, 0) is 4.79 Å². The van der Waals surface area contributed by atoms with E-state index < -0.39 is 23.2 Å². The summed E-state index contributed by atoms with van der Waals surface area (Å²) in [6.07, 6.45) is 7.42. The lowest BCUT2D eigenvalue weighted by Crippen LogP contribution is -2.43. The molecule has 1 fully saturated rings. The molecular formula is C20H21ClN4O3S. The number of H-pyrrole nitrogens is 1. The van der Waals surface area contributed by atoms with E-state index in [2.05, 4.69) is 15.3 Å². The van der Waals surface area contributed by atoms with Crippen molar-refractivity contribution in [2.45, 2.75) is 44.6 Å². The Bertz CT molecular complexity index is 1130. The molecule has 152 valence electrons. The van der Waals surface area contributed by atoms with Crippen molar-refractivity contribution >= 4 is 44.9 Å². The SMILES string of the molecule is O=C(Nc1nccs1)[C@H](CC1CCCCC1)n1c(=O)[nH]c2cc(Cl)ccc2c1=O. The molecule has 1 aromatic carbocycles. The highest BCUT2D eigenvalue weighted by atomic mass is 35.5. The van der Waals surface area contributed by atoms with Gasteiger partial charge in [-0.15, -0.1) is 11.3 Å². The summed E-state index contributed by atoms with van der Waals surface area (Å²) >= 11 is 7.28. The van der Waals surface area contributed by atoms with Crippen molar-refractivity contribution in [1.82, 2.24) is 14.5 Å². The van der Waals surface area contributed by atoms with Gasteiger partial charge in [0, 0.05) is 16.6 Å². The number of hydrogen-bond acceptors (Lipinski definition) is 5. The lowest BCUT2D eigenvalue weighted by atomic mass is 9.84. The topological polar surface area (TPSA) is 96.8 Å². The minimum atomic E-state index is -0.904. The van der Waals surface area contributed by atoms with Crippen molar-refractivity contribution < 1.29 is 4.79 Å². The van der Waals surface area contributed by atoms with E-state index in [0.29, 0.717) is 33.4 Å². The molecule has 0 radical (unpaired) electrons. The molecule has 0 spiro atoms. The van der Waals surface area contributed by atoms with Crippen molar-refractivity contribution in [3.8, 4) is 0 Å². The van der Waals surface area contributed by atoms with Crippen molar-refractivity contribution in [3.05, 3.63) is 55.6 Å². The van der Waals surface area contributed by atoms with Gasteiger partial charge in [0.1, 0.15) is 6.04 Å². The number of carbonyl (C=O) groups excluding carboxylic acids is 1. The first-order valence-corrected chi connectivity index (χ1v) is 10.9. The number of thiazole rings is 1. The summed E-state index contributed by atoms with van der Waals surface area (Å²) in [5, 5.41) is 5.70. The molecule has 0 unspecified atom stereocenters. The van der Waals surface area contributed by atoms with Crippen molar-refractivity contribution in [1.29, 1.82) is 0 Å². The molecule has 2 heterocycles. The van der Waals surface area contributed by atoms with E-state index in [-0.39, 0.29) is 0 Å². The van der Waals surface area contributed by atoms with Crippen LogP contribution in [0.15, 0.2) is 39.4 Å². The van der Waals surface area contributed by atoms with Gasteiger partial charge in [0.15, 0.2) is 5.13 Å². The Kier molecular flexibility index (Phi) is 5.82. The summed E-state index contributed by atoms with van der Waals surface area (Å²) in [6.45, 7) is 0. The number of aromatic amines is 1. The Balaban J connectivity index is 1.77. The second-order valence-corrected chi connectivity index (χ2v) is 8.71. The van der Waals surface area contributed by atoms with E-state index in [1.165, 1.54) is 23.8 Å². The fourth-order valence-electron chi connectivity index (χ4n) is 4.03. The Morgan fingerprint density at radius 3 is 2.83 bits per heavy atom. The molecule has 1 aliphatic carbocycles. The first-order valence-electron chi connectivity index (χ1n) is 9.67. The van der Waals surface area contributed by atoms with E-state index in [1.807, 2.05) is 0 Å². The predicted octanol–water partition coefficient (Wildman–Crippen LogP) is 3.95. The van der Waals surface area contributed by atoms with Crippen molar-refractivity contribution in [2.24, 2.45) is 5.92 Å². The molecule has 1 aliphatic rings. The van der Waals surface area contributed by atoms with E-state index >= 15 is 0 Å². The number of rotatable bonds is 5. The average Bonchev–Trinajstić information content (AvgIpc) is 3.20. The molecule has 2 N–H and O–H groups in total. The van der Waals surface area contributed by atoms with Gasteiger partial charge in [-0.2, -0.15) is 0 Å². The molecule has 3 aromatic rings. The monoisotopic (exact) mass is 432 g/mol. The summed E-state index contributed by atoms with van der Waals surface area (Å²) in [7, 11) is 0. The largest absolute Gasteiger partial charge is 0.329 e. The molecule has 1 amide bonds. The second kappa shape index (κ2) is 8.51. The van der Waals surface area contributed by atoms with Gasteiger partial charge in [-0.1, -0.05) is 43.7 Å². The second-order valence-electron chi connectivity index (χ2n) is 7.38. The number of benzene rings is 1. The molecule has 29 heavy (non-hydrogen) atoms. The predicted molar refractivity (Wildman–Crippen MR) is 115 cm³/mol. The minimum absolute atomic E-state index is 0.294. The molecule has 1 atom stereocenters. The first kappa shape index (κ1) is 19.8. The zero-order valence-electron chi connectivity index (χ0n) is 15.7. The van der Waals surface area contributed by atoms with E-state index in [4.69, 9.17) is 11.6 Å². The molecule has 1 saturated carbocycles. The van der Waals surface area contributed by atoms with E-state index in [1.54, 1.807) is 23.7 Å². The molecule has 7 nitrogen and oxygen atoms in total. The van der Waals surface area contributed by atoms with Crippen LogP contribution in [0.2, 0.25) is 5.02 Å². The van der Waals surface area contributed by atoms with Gasteiger partial charge in [0.05, 0.1) is 10.9 Å². The van der Waals surface area contributed by atoms with Crippen molar-refractivity contribution in [3.63, 3.8) is 0 Å². The number of nitrogens with zero attached hydrogens (tertiary/aromatic N) is 2. The summed E-state index contributed by atoms with van der Waals surface area (Å²) in [6, 6.07) is 3.80. The molecule has 4 rings (SSSR count). The maximum absolute atomic E-state index is 13.2. The zero-order chi connectivity index (χ0) is 20.4. The third-order valence-electron chi connectivity index (χ3n) is 5.45. The number of fused-ring (bicyclic) bond motifs is 1. The summed E-state index contributed by atoms with van der Waals surface area (Å²) in [5.74, 6) is -0.102. The fraction of sp³-hybridized carbons (Fsp3) is 0.400. The van der Waals surface area contributed by atoms with Crippen molar-refractivity contribution in [2.75, 3.05) is 5.32 Å². The highest BCUT2D eigenvalue weighted by Gasteiger charge is 2.29. The summed E-state index contributed by atoms with van der Waals surface area (Å²) in [5.41, 5.74) is -0.740. The van der Waals surface area contributed by atoms with Crippen LogP contribution in [0.25, 0.3) is 10.9 Å². The lowest BCUT2D eigenvalue weighted by Gasteiger charge is -2.26. The number of hydrogen-bond donors (Lipinski definition) is 2. The fourth-order valence-corrected chi connectivity index (χ4v) is 4.73. The number of amides is 1. The first-order chi connectivity index (χ1) is 14.0. The van der Waals surface area contributed by atoms with Gasteiger partial charge in [0.25, 0.3) is 5.56 Å². The quantitative estimate of drug-likeness (QED) is 0.637. The summed E-state index contributed by atoms with van der Waals surface area (Å²) < 4.78 is 1.05. The third kappa shape index (κ3) is 4.28. The molecular weight excluding hydrogens is 412 g/mol. The highest BCUT2D eigenvalue weighted by Crippen LogP contribution is 2.31. The minimum Gasteiger partial charge on any atom is -0.307 e. The number of halogens is 1. The van der Waals surface area contributed by atoms with Crippen LogP contribution in [0.4, 0.5) is 5.13 Å². The molecule has 0 saturated heterocycles. The Hall–Kier alpha value is -2.45.